The van der Waals surface area contributed by atoms with E-state index >= 15 is 0 Å². The number of rotatable bonds is 6. The minimum atomic E-state index is -0.853. The van der Waals surface area contributed by atoms with E-state index in [0.29, 0.717) is 50.4 Å². The highest BCUT2D eigenvalue weighted by atomic mass is 16.5. The standard InChI is InChI=1S/C42H32O11/c43-25-6-1-20(2-7-25)3-8-30-39-35(52-41(21-4-9-31(48)33(50)15-21)37(39)23-11-26(44)17-27(45)12-23)19-36-40(30)38(24-13-28(46)18-29(47)14-24)42(53-36)22-5-10-32(49)34(51)16-22/h1-19,37-38,41-51H/b8-3+/t37-,38-,41+,42+/m1/s1. The Balaban J connectivity index is 1.42. The molecule has 6 aromatic rings. The monoisotopic (exact) mass is 712 g/mol. The van der Waals surface area contributed by atoms with Crippen molar-refractivity contribution in [2.75, 3.05) is 0 Å². The number of phenolic OH excluding ortho intramolecular Hbond substituents is 9. The van der Waals surface area contributed by atoms with Crippen molar-refractivity contribution in [3.05, 3.63) is 148 Å². The molecule has 0 amide bonds. The van der Waals surface area contributed by atoms with Crippen LogP contribution < -0.4 is 9.47 Å². The van der Waals surface area contributed by atoms with Crippen molar-refractivity contribution in [1.82, 2.24) is 0 Å². The van der Waals surface area contributed by atoms with Gasteiger partial charge in [-0.2, -0.15) is 0 Å². The summed E-state index contributed by atoms with van der Waals surface area (Å²) in [6, 6.07) is 25.3. The van der Waals surface area contributed by atoms with Crippen LogP contribution in [0.3, 0.4) is 0 Å². The van der Waals surface area contributed by atoms with Crippen LogP contribution in [0.1, 0.15) is 68.6 Å². The average Bonchev–Trinajstić information content (AvgIpc) is 3.68. The van der Waals surface area contributed by atoms with Crippen LogP contribution >= 0.6 is 0 Å². The summed E-state index contributed by atoms with van der Waals surface area (Å²) in [5, 5.41) is 93.9. The molecule has 4 atom stereocenters. The third-order valence-corrected chi connectivity index (χ3v) is 9.67. The molecule has 266 valence electrons. The third kappa shape index (κ3) is 5.93. The molecule has 2 aliphatic heterocycles. The van der Waals surface area contributed by atoms with Crippen LogP contribution in [0, 0.1) is 0 Å². The van der Waals surface area contributed by atoms with Gasteiger partial charge in [0.1, 0.15) is 52.5 Å². The average molecular weight is 713 g/mol. The van der Waals surface area contributed by atoms with Crippen molar-refractivity contribution in [3.63, 3.8) is 0 Å². The van der Waals surface area contributed by atoms with Crippen molar-refractivity contribution < 1.29 is 55.4 Å². The molecule has 0 unspecified atom stereocenters. The molecule has 0 aliphatic carbocycles. The van der Waals surface area contributed by atoms with Crippen LogP contribution in [0.4, 0.5) is 0 Å². The smallest absolute Gasteiger partial charge is 0.157 e. The van der Waals surface area contributed by atoms with Gasteiger partial charge < -0.3 is 55.4 Å². The first-order valence-corrected chi connectivity index (χ1v) is 16.5. The Morgan fingerprint density at radius 3 is 1.23 bits per heavy atom. The molecule has 2 heterocycles. The second kappa shape index (κ2) is 12.6. The van der Waals surface area contributed by atoms with E-state index in [-0.39, 0.29) is 51.7 Å². The van der Waals surface area contributed by atoms with Gasteiger partial charge in [-0.15, -0.1) is 0 Å². The molecular formula is C42H32O11. The van der Waals surface area contributed by atoms with Gasteiger partial charge in [-0.3, -0.25) is 0 Å². The number of hydrogen-bond acceptors (Lipinski definition) is 11. The minimum absolute atomic E-state index is 0.0814. The van der Waals surface area contributed by atoms with Crippen molar-refractivity contribution >= 4 is 12.2 Å². The first-order chi connectivity index (χ1) is 25.4. The van der Waals surface area contributed by atoms with Gasteiger partial charge in [-0.1, -0.05) is 36.4 Å². The van der Waals surface area contributed by atoms with Gasteiger partial charge in [0.15, 0.2) is 23.0 Å². The molecule has 9 N–H and O–H groups in total. The van der Waals surface area contributed by atoms with Gasteiger partial charge in [0.25, 0.3) is 0 Å². The minimum Gasteiger partial charge on any atom is -0.508 e. The number of ether oxygens (including phenoxy) is 2. The van der Waals surface area contributed by atoms with Crippen molar-refractivity contribution in [3.8, 4) is 63.2 Å². The Morgan fingerprint density at radius 2 is 0.811 bits per heavy atom. The molecule has 0 saturated heterocycles. The van der Waals surface area contributed by atoms with E-state index in [0.717, 1.165) is 5.56 Å². The van der Waals surface area contributed by atoms with Crippen LogP contribution in [0.15, 0.2) is 103 Å². The molecule has 6 aromatic carbocycles. The van der Waals surface area contributed by atoms with Gasteiger partial charge in [0.2, 0.25) is 0 Å². The number of fused-ring (bicyclic) bond motifs is 2. The van der Waals surface area contributed by atoms with E-state index < -0.39 is 24.0 Å². The number of aromatic hydroxyl groups is 9. The maximum Gasteiger partial charge on any atom is 0.157 e. The molecule has 8 rings (SSSR count). The van der Waals surface area contributed by atoms with Gasteiger partial charge in [-0.05, 0) is 94.0 Å². The largest absolute Gasteiger partial charge is 0.508 e. The first kappa shape index (κ1) is 33.0. The van der Waals surface area contributed by atoms with Crippen molar-refractivity contribution in [2.45, 2.75) is 24.0 Å². The lowest BCUT2D eigenvalue weighted by Crippen LogP contribution is -2.14. The van der Waals surface area contributed by atoms with Gasteiger partial charge in [0, 0.05) is 29.3 Å². The summed E-state index contributed by atoms with van der Waals surface area (Å²) in [6.07, 6.45) is 1.96. The highest BCUT2D eigenvalue weighted by molar-refractivity contribution is 5.80. The summed E-state index contributed by atoms with van der Waals surface area (Å²) in [7, 11) is 0. The zero-order valence-electron chi connectivity index (χ0n) is 27.6. The molecular weight excluding hydrogens is 680 g/mol. The van der Waals surface area contributed by atoms with Gasteiger partial charge in [-0.25, -0.2) is 0 Å². The maximum atomic E-state index is 10.7. The van der Waals surface area contributed by atoms with Crippen LogP contribution in [-0.2, 0) is 0 Å². The predicted molar refractivity (Wildman–Crippen MR) is 193 cm³/mol. The number of phenols is 9. The summed E-state index contributed by atoms with van der Waals surface area (Å²) in [5.41, 5.74) is 4.40. The van der Waals surface area contributed by atoms with Crippen LogP contribution in [0.5, 0.6) is 63.2 Å². The van der Waals surface area contributed by atoms with E-state index in [1.165, 1.54) is 60.7 Å². The summed E-state index contributed by atoms with van der Waals surface area (Å²) in [5.74, 6) is -2.89. The molecule has 0 saturated carbocycles. The Morgan fingerprint density at radius 1 is 0.377 bits per heavy atom. The van der Waals surface area contributed by atoms with Gasteiger partial charge >= 0.3 is 0 Å². The molecule has 53 heavy (non-hydrogen) atoms. The van der Waals surface area contributed by atoms with Crippen molar-refractivity contribution in [1.29, 1.82) is 0 Å². The molecule has 0 spiro atoms. The Hall–Kier alpha value is -7.14. The molecule has 11 heteroatoms. The Kier molecular flexibility index (Phi) is 7.83. The Bertz CT molecular complexity index is 2260. The van der Waals surface area contributed by atoms with E-state index in [2.05, 4.69) is 0 Å². The fourth-order valence-corrected chi connectivity index (χ4v) is 7.41. The molecule has 2 aliphatic rings. The van der Waals surface area contributed by atoms with E-state index in [9.17, 15) is 46.0 Å². The highest BCUT2D eigenvalue weighted by Crippen LogP contribution is 2.60. The van der Waals surface area contributed by atoms with Crippen LogP contribution in [-0.4, -0.2) is 46.0 Å². The van der Waals surface area contributed by atoms with E-state index in [1.54, 1.807) is 42.5 Å². The second-order valence-electron chi connectivity index (χ2n) is 13.1. The SMILES string of the molecule is Oc1ccc(/C=C/c2c3c(cc4c2[C@@H](c2cc(O)cc(O)c2)[C@H](c2ccc(O)c(O)c2)O4)O[C@@H](c2ccc(O)c(O)c2)[C@@H]3c2cc(O)cc(O)c2)cc1. The second-order valence-corrected chi connectivity index (χ2v) is 13.1. The molecule has 0 radical (unpaired) electrons. The summed E-state index contributed by atoms with van der Waals surface area (Å²) in [6.45, 7) is 0. The molecule has 0 fully saturated rings. The molecule has 0 bridgehead atoms. The summed E-state index contributed by atoms with van der Waals surface area (Å²) >= 11 is 0. The fourth-order valence-electron chi connectivity index (χ4n) is 7.41. The lowest BCUT2D eigenvalue weighted by molar-refractivity contribution is 0.212. The van der Waals surface area contributed by atoms with Crippen LogP contribution in [0.2, 0.25) is 0 Å². The summed E-state index contributed by atoms with van der Waals surface area (Å²) in [4.78, 5) is 0. The normalized spacial score (nSPS) is 18.7. The quantitative estimate of drug-likeness (QED) is 0.0604. The van der Waals surface area contributed by atoms with E-state index in [1.807, 2.05) is 12.2 Å². The topological polar surface area (TPSA) is 201 Å². The highest BCUT2D eigenvalue weighted by Gasteiger charge is 2.46. The maximum absolute atomic E-state index is 10.7. The lowest BCUT2D eigenvalue weighted by Gasteiger charge is -2.24. The van der Waals surface area contributed by atoms with Crippen LogP contribution in [0.25, 0.3) is 12.2 Å². The Labute approximate surface area is 302 Å². The van der Waals surface area contributed by atoms with Crippen molar-refractivity contribution in [2.24, 2.45) is 0 Å². The zero-order valence-corrected chi connectivity index (χ0v) is 27.6. The zero-order chi connectivity index (χ0) is 37.1. The first-order valence-electron chi connectivity index (χ1n) is 16.5. The van der Waals surface area contributed by atoms with Gasteiger partial charge in [0.05, 0.1) is 11.8 Å². The number of hydrogen-bond donors (Lipinski definition) is 9. The molecule has 11 nitrogen and oxygen atoms in total. The predicted octanol–water partition coefficient (Wildman–Crippen LogP) is 7.74. The van der Waals surface area contributed by atoms with E-state index in [4.69, 9.17) is 9.47 Å². The summed E-state index contributed by atoms with van der Waals surface area (Å²) < 4.78 is 13.3. The molecule has 0 aromatic heterocycles. The number of benzene rings is 6. The lowest BCUT2D eigenvalue weighted by atomic mass is 9.77. The third-order valence-electron chi connectivity index (χ3n) is 9.67. The fraction of sp³-hybridized carbons (Fsp3) is 0.0952.